The summed E-state index contributed by atoms with van der Waals surface area (Å²) in [5.74, 6) is -0.416. The number of hydrogen-bond donors (Lipinski definition) is 2. The highest BCUT2D eigenvalue weighted by molar-refractivity contribution is 6.00. The van der Waals surface area contributed by atoms with E-state index >= 15 is 0 Å². The number of likely N-dealkylation sites (N-methyl/N-ethyl adjacent to an activating group) is 1. The van der Waals surface area contributed by atoms with Crippen LogP contribution < -0.4 is 14.4 Å². The van der Waals surface area contributed by atoms with Gasteiger partial charge in [-0.3, -0.25) is 0 Å². The maximum atomic E-state index is 10.2. The van der Waals surface area contributed by atoms with Crippen LogP contribution in [-0.2, 0) is 0 Å². The SMILES string of the molecule is CCCOc1ccc([C@@H]2[C@H]3C[NH+](C)CC=C3[C@@H](C#N)C(=N)C2(C#N)C#N)cc1OCC. The number of benzene rings is 1. The van der Waals surface area contributed by atoms with E-state index in [-0.39, 0.29) is 11.6 Å². The van der Waals surface area contributed by atoms with Gasteiger partial charge in [-0.25, -0.2) is 0 Å². The predicted octanol–water partition coefficient (Wildman–Crippen LogP) is 2.24. The van der Waals surface area contributed by atoms with Crippen LogP contribution >= 0.6 is 0 Å². The van der Waals surface area contributed by atoms with E-state index in [0.717, 1.165) is 24.1 Å². The zero-order valence-electron chi connectivity index (χ0n) is 18.2. The first-order valence-corrected chi connectivity index (χ1v) is 10.7. The summed E-state index contributed by atoms with van der Waals surface area (Å²) in [6, 6.07) is 12.0. The lowest BCUT2D eigenvalue weighted by molar-refractivity contribution is -0.878. The molecule has 1 aliphatic heterocycles. The van der Waals surface area contributed by atoms with Gasteiger partial charge in [0, 0.05) is 11.8 Å². The van der Waals surface area contributed by atoms with E-state index in [4.69, 9.17) is 14.9 Å². The van der Waals surface area contributed by atoms with Crippen molar-refractivity contribution in [3.63, 3.8) is 0 Å². The van der Waals surface area contributed by atoms with E-state index in [2.05, 4.69) is 25.3 Å². The van der Waals surface area contributed by atoms with E-state index in [1.54, 1.807) is 0 Å². The second kappa shape index (κ2) is 9.21. The third kappa shape index (κ3) is 3.76. The van der Waals surface area contributed by atoms with Crippen LogP contribution in [0.15, 0.2) is 29.8 Å². The molecule has 7 nitrogen and oxygen atoms in total. The molecule has 0 bridgehead atoms. The summed E-state index contributed by atoms with van der Waals surface area (Å²) in [5.41, 5.74) is -0.234. The van der Waals surface area contributed by atoms with Crippen molar-refractivity contribution in [2.75, 3.05) is 33.4 Å². The van der Waals surface area contributed by atoms with Gasteiger partial charge in [0.15, 0.2) is 16.9 Å². The Balaban J connectivity index is 2.19. The molecule has 3 rings (SSSR count). The minimum absolute atomic E-state index is 0.128. The highest BCUT2D eigenvalue weighted by atomic mass is 16.5. The molecule has 0 aromatic heterocycles. The van der Waals surface area contributed by atoms with Crippen LogP contribution in [0.2, 0.25) is 0 Å². The molecule has 2 N–H and O–H groups in total. The summed E-state index contributed by atoms with van der Waals surface area (Å²) in [6.45, 7) is 6.36. The number of nitriles is 3. The summed E-state index contributed by atoms with van der Waals surface area (Å²) in [4.78, 5) is 1.24. The maximum absolute atomic E-state index is 10.2. The average molecular weight is 419 g/mol. The van der Waals surface area contributed by atoms with E-state index < -0.39 is 17.3 Å². The molecule has 31 heavy (non-hydrogen) atoms. The number of rotatable bonds is 6. The topological polar surface area (TPSA) is 118 Å². The fourth-order valence-electron chi connectivity index (χ4n) is 4.75. The largest absolute Gasteiger partial charge is 0.490 e. The summed E-state index contributed by atoms with van der Waals surface area (Å²) < 4.78 is 11.6. The molecular weight excluding hydrogens is 390 g/mol. The van der Waals surface area contributed by atoms with Crippen LogP contribution in [0, 0.1) is 56.7 Å². The summed E-state index contributed by atoms with van der Waals surface area (Å²) in [7, 11) is 2.05. The van der Waals surface area contributed by atoms with E-state index in [1.807, 2.05) is 38.1 Å². The third-order valence-electron chi connectivity index (χ3n) is 6.17. The van der Waals surface area contributed by atoms with E-state index in [9.17, 15) is 15.8 Å². The first-order valence-electron chi connectivity index (χ1n) is 10.7. The van der Waals surface area contributed by atoms with Gasteiger partial charge < -0.3 is 19.8 Å². The zero-order valence-corrected chi connectivity index (χ0v) is 18.2. The Hall–Kier alpha value is -3.34. The monoisotopic (exact) mass is 418 g/mol. The number of nitrogens with zero attached hydrogens (tertiary/aromatic N) is 3. The van der Waals surface area contributed by atoms with Gasteiger partial charge in [0.2, 0.25) is 0 Å². The van der Waals surface area contributed by atoms with Gasteiger partial charge in [-0.15, -0.1) is 0 Å². The highest BCUT2D eigenvalue weighted by Crippen LogP contribution is 2.53. The molecule has 1 fully saturated rings. The summed E-state index contributed by atoms with van der Waals surface area (Å²) in [6.07, 6.45) is 2.87. The molecule has 1 aliphatic carbocycles. The van der Waals surface area contributed by atoms with E-state index in [1.165, 1.54) is 4.90 Å². The first-order chi connectivity index (χ1) is 15.0. The smallest absolute Gasteiger partial charge is 0.189 e. The minimum Gasteiger partial charge on any atom is -0.490 e. The minimum atomic E-state index is -1.71. The molecule has 0 spiro atoms. The quantitative estimate of drug-likeness (QED) is 0.687. The number of nitrogens with one attached hydrogen (secondary N) is 2. The summed E-state index contributed by atoms with van der Waals surface area (Å²) >= 11 is 0. The zero-order chi connectivity index (χ0) is 22.6. The fourth-order valence-corrected chi connectivity index (χ4v) is 4.75. The van der Waals surface area contributed by atoms with Crippen molar-refractivity contribution >= 4 is 5.71 Å². The van der Waals surface area contributed by atoms with Crippen LogP contribution in [-0.4, -0.2) is 39.1 Å². The van der Waals surface area contributed by atoms with E-state index in [0.29, 0.717) is 31.3 Å². The third-order valence-corrected chi connectivity index (χ3v) is 6.17. The molecule has 1 aromatic rings. The molecular formula is C24H28N5O2+. The second-order valence-corrected chi connectivity index (χ2v) is 8.15. The molecule has 1 aromatic carbocycles. The van der Waals surface area contributed by atoms with Gasteiger partial charge in [0.1, 0.15) is 5.92 Å². The van der Waals surface area contributed by atoms with Crippen molar-refractivity contribution in [1.29, 1.82) is 21.2 Å². The van der Waals surface area contributed by atoms with Gasteiger partial charge in [-0.05, 0) is 42.7 Å². The molecule has 1 unspecified atom stereocenters. The van der Waals surface area contributed by atoms with Gasteiger partial charge in [0.25, 0.3) is 0 Å². The molecule has 0 amide bonds. The second-order valence-electron chi connectivity index (χ2n) is 8.15. The predicted molar refractivity (Wildman–Crippen MR) is 115 cm³/mol. The Morgan fingerprint density at radius 1 is 1.16 bits per heavy atom. The van der Waals surface area contributed by atoms with Gasteiger partial charge in [-0.2, -0.15) is 15.8 Å². The Bertz CT molecular complexity index is 996. The molecule has 0 radical (unpaired) electrons. The van der Waals surface area contributed by atoms with Crippen LogP contribution in [0.3, 0.4) is 0 Å². The molecule has 1 saturated carbocycles. The lowest BCUT2D eigenvalue weighted by atomic mass is 9.54. The standard InChI is InChI=1S/C24H27N5O2/c1-4-10-31-20-7-6-16(11-21(20)30-5-2)22-19-13-29(3)9-8-17(19)18(12-25)23(28)24(22,14-26)15-27/h6-8,11,18-19,22,28H,4-5,9-10,13H2,1-3H3/p+1/t18-,19+,22-/m1/s1. The Kier molecular flexibility index (Phi) is 6.64. The molecule has 160 valence electrons. The molecule has 2 aliphatic rings. The van der Waals surface area contributed by atoms with Crippen molar-refractivity contribution in [1.82, 2.24) is 0 Å². The number of hydrogen-bond acceptors (Lipinski definition) is 6. The van der Waals surface area contributed by atoms with Crippen LogP contribution in [0.1, 0.15) is 31.7 Å². The first kappa shape index (κ1) is 22.3. The fraction of sp³-hybridized carbons (Fsp3) is 0.500. The molecule has 1 heterocycles. The number of quaternary nitrogens is 1. The highest BCUT2D eigenvalue weighted by Gasteiger charge is 2.58. The molecule has 4 atom stereocenters. The van der Waals surface area contributed by atoms with Crippen molar-refractivity contribution < 1.29 is 14.4 Å². The lowest BCUT2D eigenvalue weighted by Gasteiger charge is -2.46. The molecule has 0 saturated heterocycles. The van der Waals surface area contributed by atoms with Crippen molar-refractivity contribution in [3.8, 4) is 29.7 Å². The Labute approximate surface area is 183 Å². The Morgan fingerprint density at radius 2 is 1.90 bits per heavy atom. The van der Waals surface area contributed by atoms with Crippen LogP contribution in [0.4, 0.5) is 0 Å². The van der Waals surface area contributed by atoms with Crippen molar-refractivity contribution in [2.24, 2.45) is 17.3 Å². The van der Waals surface area contributed by atoms with Crippen molar-refractivity contribution in [3.05, 3.63) is 35.4 Å². The van der Waals surface area contributed by atoms with Crippen LogP contribution in [0.5, 0.6) is 11.5 Å². The number of fused-ring (bicyclic) bond motifs is 1. The van der Waals surface area contributed by atoms with Gasteiger partial charge in [-0.1, -0.05) is 13.0 Å². The number of ether oxygens (including phenoxy) is 2. The summed E-state index contributed by atoms with van der Waals surface area (Å²) in [5, 5.41) is 38.8. The van der Waals surface area contributed by atoms with Crippen molar-refractivity contribution in [2.45, 2.75) is 26.2 Å². The maximum Gasteiger partial charge on any atom is 0.189 e. The molecule has 7 heteroatoms. The van der Waals surface area contributed by atoms with Crippen LogP contribution in [0.25, 0.3) is 0 Å². The van der Waals surface area contributed by atoms with Gasteiger partial charge >= 0.3 is 0 Å². The van der Waals surface area contributed by atoms with Gasteiger partial charge in [0.05, 0.1) is 57.3 Å². The normalized spacial score (nSPS) is 26.5. The lowest BCUT2D eigenvalue weighted by Crippen LogP contribution is -3.10. The Morgan fingerprint density at radius 3 is 2.52 bits per heavy atom. The average Bonchev–Trinajstić information content (AvgIpc) is 2.78.